The van der Waals surface area contributed by atoms with E-state index < -0.39 is 0 Å². The van der Waals surface area contributed by atoms with E-state index in [-0.39, 0.29) is 6.04 Å². The third kappa shape index (κ3) is 3.61. The molecule has 0 spiro atoms. The van der Waals surface area contributed by atoms with Crippen LogP contribution in [0.4, 0.5) is 0 Å². The Hall–Kier alpha value is -1.26. The molecule has 0 radical (unpaired) electrons. The van der Waals surface area contributed by atoms with E-state index in [2.05, 4.69) is 34.2 Å². The third-order valence-corrected chi connectivity index (χ3v) is 3.53. The van der Waals surface area contributed by atoms with Crippen LogP contribution < -0.4 is 10.1 Å². The number of furan rings is 1. The molecule has 19 heavy (non-hydrogen) atoms. The van der Waals surface area contributed by atoms with Crippen molar-refractivity contribution in [2.24, 2.45) is 0 Å². The minimum absolute atomic E-state index is 0.214. The third-order valence-electron chi connectivity index (χ3n) is 3.04. The van der Waals surface area contributed by atoms with Gasteiger partial charge in [0.15, 0.2) is 0 Å². The second-order valence-corrected chi connectivity index (χ2v) is 5.25. The van der Waals surface area contributed by atoms with E-state index in [1.165, 1.54) is 5.56 Å². The van der Waals surface area contributed by atoms with Crippen molar-refractivity contribution in [3.05, 3.63) is 52.4 Å². The second kappa shape index (κ2) is 6.78. The highest BCUT2D eigenvalue weighted by Crippen LogP contribution is 2.30. The van der Waals surface area contributed by atoms with E-state index in [9.17, 15) is 0 Å². The Morgan fingerprint density at radius 1 is 1.37 bits per heavy atom. The fourth-order valence-corrected chi connectivity index (χ4v) is 2.50. The summed E-state index contributed by atoms with van der Waals surface area (Å²) < 4.78 is 11.6. The van der Waals surface area contributed by atoms with Crippen LogP contribution in [-0.4, -0.2) is 13.7 Å². The molecule has 1 heterocycles. The van der Waals surface area contributed by atoms with Gasteiger partial charge in [0.1, 0.15) is 5.75 Å². The van der Waals surface area contributed by atoms with Gasteiger partial charge in [0, 0.05) is 16.1 Å². The van der Waals surface area contributed by atoms with Crippen molar-refractivity contribution in [3.8, 4) is 5.75 Å². The summed E-state index contributed by atoms with van der Waals surface area (Å²) in [5.74, 6) is 0.892. The highest BCUT2D eigenvalue weighted by atomic mass is 79.9. The lowest BCUT2D eigenvalue weighted by Gasteiger charge is -2.20. The van der Waals surface area contributed by atoms with E-state index in [1.807, 2.05) is 18.2 Å². The number of rotatable bonds is 6. The van der Waals surface area contributed by atoms with Gasteiger partial charge < -0.3 is 14.5 Å². The topological polar surface area (TPSA) is 34.4 Å². The smallest absolute Gasteiger partial charge is 0.124 e. The summed E-state index contributed by atoms with van der Waals surface area (Å²) >= 11 is 3.47. The lowest BCUT2D eigenvalue weighted by molar-refractivity contribution is 0.398. The van der Waals surface area contributed by atoms with Crippen molar-refractivity contribution in [3.63, 3.8) is 0 Å². The summed E-state index contributed by atoms with van der Waals surface area (Å²) in [5.41, 5.74) is 2.34. The van der Waals surface area contributed by atoms with Crippen molar-refractivity contribution in [2.75, 3.05) is 13.7 Å². The van der Waals surface area contributed by atoms with E-state index in [4.69, 9.17) is 9.15 Å². The monoisotopic (exact) mass is 323 g/mol. The standard InChI is InChI=1S/C15H18BrNO2/c1-3-17-14(8-11-6-7-19-10-11)13-5-4-12(16)9-15(13)18-2/h4-7,9-10,14,17H,3,8H2,1-2H3. The van der Waals surface area contributed by atoms with Crippen LogP contribution in [0.25, 0.3) is 0 Å². The predicted octanol–water partition coefficient (Wildman–Crippen LogP) is 3.94. The van der Waals surface area contributed by atoms with Crippen molar-refractivity contribution in [1.82, 2.24) is 5.32 Å². The quantitative estimate of drug-likeness (QED) is 0.874. The van der Waals surface area contributed by atoms with E-state index >= 15 is 0 Å². The summed E-state index contributed by atoms with van der Waals surface area (Å²) in [4.78, 5) is 0. The second-order valence-electron chi connectivity index (χ2n) is 4.33. The van der Waals surface area contributed by atoms with Crippen LogP contribution in [0.15, 0.2) is 45.7 Å². The number of likely N-dealkylation sites (N-methyl/N-ethyl adjacent to an activating group) is 1. The molecule has 2 rings (SSSR count). The summed E-state index contributed by atoms with van der Waals surface area (Å²) in [6.45, 7) is 3.01. The molecule has 1 aromatic heterocycles. The van der Waals surface area contributed by atoms with Gasteiger partial charge in [0.2, 0.25) is 0 Å². The van der Waals surface area contributed by atoms with Crippen LogP contribution in [-0.2, 0) is 6.42 Å². The maximum Gasteiger partial charge on any atom is 0.124 e. The number of halogens is 1. The Labute approximate surface area is 122 Å². The number of ether oxygens (including phenoxy) is 1. The summed E-state index contributed by atoms with van der Waals surface area (Å²) in [5, 5.41) is 3.49. The van der Waals surface area contributed by atoms with Crippen LogP contribution in [0, 0.1) is 0 Å². The summed E-state index contributed by atoms with van der Waals surface area (Å²) in [6, 6.07) is 8.34. The Morgan fingerprint density at radius 3 is 2.84 bits per heavy atom. The van der Waals surface area contributed by atoms with Crippen LogP contribution in [0.2, 0.25) is 0 Å². The number of methoxy groups -OCH3 is 1. The molecule has 4 heteroatoms. The average molecular weight is 324 g/mol. The normalized spacial score (nSPS) is 12.4. The van der Waals surface area contributed by atoms with Crippen LogP contribution >= 0.6 is 15.9 Å². The molecule has 0 bridgehead atoms. The molecule has 102 valence electrons. The average Bonchev–Trinajstić information content (AvgIpc) is 2.91. The van der Waals surface area contributed by atoms with Gasteiger partial charge in [-0.15, -0.1) is 0 Å². The molecule has 0 saturated heterocycles. The van der Waals surface area contributed by atoms with Gasteiger partial charge >= 0.3 is 0 Å². The molecule has 2 aromatic rings. The molecular formula is C15H18BrNO2. The molecule has 3 nitrogen and oxygen atoms in total. The maximum atomic E-state index is 5.48. The molecule has 1 unspecified atom stereocenters. The van der Waals surface area contributed by atoms with Crippen LogP contribution in [0.5, 0.6) is 5.75 Å². The van der Waals surface area contributed by atoms with Gasteiger partial charge in [-0.2, -0.15) is 0 Å². The number of hydrogen-bond donors (Lipinski definition) is 1. The Morgan fingerprint density at radius 2 is 2.21 bits per heavy atom. The van der Waals surface area contributed by atoms with E-state index in [0.717, 1.165) is 28.8 Å². The lowest BCUT2D eigenvalue weighted by Crippen LogP contribution is -2.23. The number of nitrogens with one attached hydrogen (secondary N) is 1. The van der Waals surface area contributed by atoms with Gasteiger partial charge in [-0.3, -0.25) is 0 Å². The predicted molar refractivity (Wildman–Crippen MR) is 79.5 cm³/mol. The highest BCUT2D eigenvalue weighted by Gasteiger charge is 2.16. The van der Waals surface area contributed by atoms with E-state index in [0.29, 0.717) is 0 Å². The first kappa shape index (κ1) is 14.2. The van der Waals surface area contributed by atoms with Crippen LogP contribution in [0.1, 0.15) is 24.1 Å². The van der Waals surface area contributed by atoms with Crippen molar-refractivity contribution in [2.45, 2.75) is 19.4 Å². The minimum Gasteiger partial charge on any atom is -0.496 e. The SMILES string of the molecule is CCNC(Cc1ccoc1)c1ccc(Br)cc1OC. The van der Waals surface area contributed by atoms with Gasteiger partial charge in [-0.1, -0.05) is 28.9 Å². The first-order valence-electron chi connectivity index (χ1n) is 6.32. The van der Waals surface area contributed by atoms with Crippen LogP contribution in [0.3, 0.4) is 0 Å². The zero-order valence-corrected chi connectivity index (χ0v) is 12.7. The first-order chi connectivity index (χ1) is 9.24. The van der Waals surface area contributed by atoms with Gasteiger partial charge in [-0.25, -0.2) is 0 Å². The number of benzene rings is 1. The molecule has 1 aromatic carbocycles. The molecule has 0 amide bonds. The fourth-order valence-electron chi connectivity index (χ4n) is 2.16. The Kier molecular flexibility index (Phi) is 5.05. The lowest BCUT2D eigenvalue weighted by atomic mass is 9.99. The van der Waals surface area contributed by atoms with Crippen molar-refractivity contribution in [1.29, 1.82) is 0 Å². The molecule has 0 aliphatic heterocycles. The largest absolute Gasteiger partial charge is 0.496 e. The maximum absolute atomic E-state index is 5.48. The summed E-state index contributed by atoms with van der Waals surface area (Å²) in [7, 11) is 1.70. The molecular weight excluding hydrogens is 306 g/mol. The molecule has 1 N–H and O–H groups in total. The van der Waals surface area contributed by atoms with E-state index in [1.54, 1.807) is 19.6 Å². The number of hydrogen-bond acceptors (Lipinski definition) is 3. The molecule has 0 fully saturated rings. The molecule has 0 aliphatic rings. The summed E-state index contributed by atoms with van der Waals surface area (Å²) in [6.07, 6.45) is 4.37. The van der Waals surface area contributed by atoms with Gasteiger partial charge in [0.25, 0.3) is 0 Å². The van der Waals surface area contributed by atoms with Crippen molar-refractivity contribution < 1.29 is 9.15 Å². The molecule has 0 saturated carbocycles. The Bertz CT molecular complexity index is 511. The fraction of sp³-hybridized carbons (Fsp3) is 0.333. The highest BCUT2D eigenvalue weighted by molar-refractivity contribution is 9.10. The zero-order chi connectivity index (χ0) is 13.7. The van der Waals surface area contributed by atoms with Gasteiger partial charge in [0.05, 0.1) is 19.6 Å². The molecule has 1 atom stereocenters. The minimum atomic E-state index is 0.214. The van der Waals surface area contributed by atoms with Gasteiger partial charge in [-0.05, 0) is 36.7 Å². The zero-order valence-electron chi connectivity index (χ0n) is 11.2. The van der Waals surface area contributed by atoms with Crippen molar-refractivity contribution >= 4 is 15.9 Å². The Balaban J connectivity index is 2.27. The first-order valence-corrected chi connectivity index (χ1v) is 7.11. The molecule has 0 aliphatic carbocycles.